The molecule has 248 valence electrons. The average molecular weight is 769 g/mol. The number of fused-ring (bicyclic) bond motifs is 2. The van der Waals surface area contributed by atoms with Gasteiger partial charge in [-0.25, -0.2) is 0 Å². The molecule has 0 saturated heterocycles. The van der Waals surface area contributed by atoms with E-state index in [9.17, 15) is 0 Å². The Bertz CT molecular complexity index is 1860. The molecule has 0 aliphatic carbocycles. The number of hydrogen-bond acceptors (Lipinski definition) is 0. The van der Waals surface area contributed by atoms with Crippen LogP contribution in [-0.4, -0.2) is 8.07 Å². The molecule has 0 heterocycles. The van der Waals surface area contributed by atoms with E-state index in [0.29, 0.717) is 0 Å². The summed E-state index contributed by atoms with van der Waals surface area (Å²) in [7, 11) is 7.74. The van der Waals surface area contributed by atoms with E-state index in [1.807, 2.05) is 0 Å². The number of rotatable bonds is 6. The van der Waals surface area contributed by atoms with E-state index in [1.54, 1.807) is 10.4 Å². The first kappa shape index (κ1) is 37.0. The first-order valence-corrected chi connectivity index (χ1v) is 26.0. The minimum atomic E-state index is -2.12. The number of aryl methyl sites for hydroxylation is 2. The Morgan fingerprint density at radius 2 is 0.896 bits per heavy atom. The van der Waals surface area contributed by atoms with Crippen molar-refractivity contribution < 1.29 is 20.8 Å². The van der Waals surface area contributed by atoms with Gasteiger partial charge in [0.05, 0.1) is 0 Å². The van der Waals surface area contributed by atoms with Gasteiger partial charge in [0, 0.05) is 8.07 Å². The fourth-order valence-corrected chi connectivity index (χ4v) is 13.3. The summed E-state index contributed by atoms with van der Waals surface area (Å²) in [5.41, 5.74) is 11.3. The summed E-state index contributed by atoms with van der Waals surface area (Å²) in [6.07, 6.45) is 0. The average Bonchev–Trinajstić information content (AvgIpc) is 3.58. The SMILES string of the molecule is CC[Si](CC)([c-]1c(C)cc2c(-c3ccc(C(C)(C)C)cc3)cccc21)[c-]1c(C)cc2c(-c3ccc(C(C)(C)C)cc3)cccc21.[Cl][Zr+2][Cl]. The zero-order valence-electron chi connectivity index (χ0n) is 30.4. The molecule has 0 aliphatic rings. The maximum absolute atomic E-state index is 4.93. The second-order valence-electron chi connectivity index (χ2n) is 15.5. The molecule has 6 aromatic rings. The third-order valence-electron chi connectivity index (χ3n) is 10.5. The second-order valence-corrected chi connectivity index (χ2v) is 23.8. The Balaban J connectivity index is 0.00000145. The Labute approximate surface area is 309 Å². The third kappa shape index (κ3) is 6.90. The van der Waals surface area contributed by atoms with Crippen molar-refractivity contribution in [2.24, 2.45) is 0 Å². The van der Waals surface area contributed by atoms with E-state index < -0.39 is 28.9 Å². The standard InChI is InChI=1S/C44H50Si.2ClH.Zr/c1-11-45(12-2,41-29(3)27-39-35(15-13-17-37(39)41)31-19-23-33(24-20-31)43(5,6)7)42-30(4)28-40-36(16-14-18-38(40)42)32-21-25-34(26-22-32)44(8,9)10;;;/h13-28H,11-12H2,1-10H3;2*1H;/q-2;;;+4/p-2. The van der Waals surface area contributed by atoms with Crippen LogP contribution in [0.5, 0.6) is 0 Å². The van der Waals surface area contributed by atoms with Gasteiger partial charge in [0.2, 0.25) is 0 Å². The molecule has 6 rings (SSSR count). The van der Waals surface area contributed by atoms with Crippen molar-refractivity contribution in [3.63, 3.8) is 0 Å². The molecule has 0 bridgehead atoms. The van der Waals surface area contributed by atoms with Gasteiger partial charge in [-0.05, 0) is 33.1 Å². The van der Waals surface area contributed by atoms with Gasteiger partial charge in [-0.3, -0.25) is 0 Å². The third-order valence-corrected chi connectivity index (χ3v) is 16.2. The molecule has 0 radical (unpaired) electrons. The molecule has 0 fully saturated rings. The molecule has 0 aliphatic heterocycles. The zero-order chi connectivity index (χ0) is 35.0. The van der Waals surface area contributed by atoms with Crippen LogP contribution in [0.25, 0.3) is 43.8 Å². The summed E-state index contributed by atoms with van der Waals surface area (Å²) in [5, 5.41) is 9.02. The van der Waals surface area contributed by atoms with Gasteiger partial charge in [-0.1, -0.05) is 153 Å². The minimum absolute atomic E-state index is 0.151. The fourth-order valence-electron chi connectivity index (χ4n) is 8.04. The van der Waals surface area contributed by atoms with Gasteiger partial charge >= 0.3 is 37.9 Å². The molecule has 0 unspecified atom stereocenters. The van der Waals surface area contributed by atoms with Gasteiger partial charge in [-0.15, -0.1) is 67.3 Å². The number of halogens is 2. The van der Waals surface area contributed by atoms with Crippen LogP contribution in [0.4, 0.5) is 0 Å². The summed E-state index contributed by atoms with van der Waals surface area (Å²) in [6, 6.07) is 40.0. The van der Waals surface area contributed by atoms with Crippen molar-refractivity contribution in [3.05, 3.63) is 119 Å². The first-order chi connectivity index (χ1) is 22.7. The Kier molecular flexibility index (Phi) is 11.2. The van der Waals surface area contributed by atoms with Gasteiger partial charge in [-0.2, -0.15) is 12.1 Å². The van der Waals surface area contributed by atoms with Crippen molar-refractivity contribution in [2.45, 2.75) is 92.2 Å². The van der Waals surface area contributed by atoms with Crippen molar-refractivity contribution in [1.29, 1.82) is 0 Å². The van der Waals surface area contributed by atoms with E-state index in [0.717, 1.165) is 0 Å². The number of benzene rings is 4. The number of hydrogen-bond donors (Lipinski definition) is 0. The molecule has 0 spiro atoms. The fraction of sp³-hybridized carbons (Fsp3) is 0.318. The van der Waals surface area contributed by atoms with E-state index in [-0.39, 0.29) is 10.8 Å². The molecule has 0 amide bonds. The van der Waals surface area contributed by atoms with Crippen LogP contribution in [0, 0.1) is 13.8 Å². The van der Waals surface area contributed by atoms with Crippen LogP contribution in [0.3, 0.4) is 0 Å². The van der Waals surface area contributed by atoms with Crippen LogP contribution in [-0.2, 0) is 31.7 Å². The summed E-state index contributed by atoms with van der Waals surface area (Å²) in [4.78, 5) is 0. The van der Waals surface area contributed by atoms with Gasteiger partial charge in [0.15, 0.2) is 0 Å². The first-order valence-electron chi connectivity index (χ1n) is 17.3. The molecule has 6 aromatic carbocycles. The van der Waals surface area contributed by atoms with Crippen molar-refractivity contribution in [2.75, 3.05) is 0 Å². The van der Waals surface area contributed by atoms with E-state index in [1.165, 1.54) is 78.1 Å². The second kappa shape index (κ2) is 14.6. The molecule has 0 nitrogen and oxygen atoms in total. The van der Waals surface area contributed by atoms with Crippen molar-refractivity contribution in [1.82, 2.24) is 0 Å². The zero-order valence-corrected chi connectivity index (χ0v) is 35.4. The Hall–Kier alpha value is -2.22. The quantitative estimate of drug-likeness (QED) is 0.117. The van der Waals surface area contributed by atoms with E-state index >= 15 is 0 Å². The molecule has 0 atom stereocenters. The predicted molar refractivity (Wildman–Crippen MR) is 215 cm³/mol. The normalized spacial score (nSPS) is 12.2. The van der Waals surface area contributed by atoms with Gasteiger partial charge < -0.3 is 0 Å². The summed E-state index contributed by atoms with van der Waals surface area (Å²) < 4.78 is 0. The topological polar surface area (TPSA) is 0 Å². The molecule has 48 heavy (non-hydrogen) atoms. The molecule has 0 aromatic heterocycles. The van der Waals surface area contributed by atoms with Crippen LogP contribution < -0.4 is 10.4 Å². The van der Waals surface area contributed by atoms with Crippen LogP contribution in [0.1, 0.15) is 77.6 Å². The van der Waals surface area contributed by atoms with E-state index in [4.69, 9.17) is 17.0 Å². The van der Waals surface area contributed by atoms with Gasteiger partial charge in [0.25, 0.3) is 0 Å². The van der Waals surface area contributed by atoms with Crippen LogP contribution >= 0.6 is 17.0 Å². The Morgan fingerprint density at radius 1 is 0.562 bits per heavy atom. The van der Waals surface area contributed by atoms with Crippen LogP contribution in [0.15, 0.2) is 97.1 Å². The molecule has 0 N–H and O–H groups in total. The maximum atomic E-state index is 4.93. The van der Waals surface area contributed by atoms with Gasteiger partial charge in [0.1, 0.15) is 0 Å². The van der Waals surface area contributed by atoms with Crippen molar-refractivity contribution in [3.8, 4) is 22.3 Å². The van der Waals surface area contributed by atoms with Crippen LogP contribution in [0.2, 0.25) is 12.1 Å². The molecule has 4 heteroatoms. The summed E-state index contributed by atoms with van der Waals surface area (Å²) >= 11 is -0.826. The Morgan fingerprint density at radius 3 is 1.19 bits per heavy atom. The monoisotopic (exact) mass is 766 g/mol. The van der Waals surface area contributed by atoms with E-state index in [2.05, 4.69) is 166 Å². The summed E-state index contributed by atoms with van der Waals surface area (Å²) in [5.74, 6) is 0. The molecular weight excluding hydrogens is 719 g/mol. The van der Waals surface area contributed by atoms with Crippen molar-refractivity contribution >= 4 is 57.0 Å². The summed E-state index contributed by atoms with van der Waals surface area (Å²) in [6.45, 7) is 23.4. The predicted octanol–water partition coefficient (Wildman–Crippen LogP) is 13.0. The molecular formula is C44H50Cl2SiZr. The molecule has 0 saturated carbocycles.